The normalized spacial score (nSPS) is 21.6. The van der Waals surface area contributed by atoms with Gasteiger partial charge in [0.2, 0.25) is 0 Å². The zero-order valence-corrected chi connectivity index (χ0v) is 7.16. The van der Waals surface area contributed by atoms with Crippen LogP contribution in [-0.4, -0.2) is 26.4 Å². The minimum Gasteiger partial charge on any atom is -0.261 e. The van der Waals surface area contributed by atoms with Crippen LogP contribution < -0.4 is 0 Å². The smallest absolute Gasteiger partial charge is 0.261 e. The van der Waals surface area contributed by atoms with Crippen molar-refractivity contribution in [2.45, 2.75) is 25.4 Å². The fraction of sp³-hybridized carbons (Fsp3) is 1.00. The van der Waals surface area contributed by atoms with Gasteiger partial charge in [0.1, 0.15) is 12.3 Å². The third kappa shape index (κ3) is 2.13. The second kappa shape index (κ2) is 2.71. The van der Waals surface area contributed by atoms with Crippen molar-refractivity contribution in [2.24, 2.45) is 0 Å². The van der Waals surface area contributed by atoms with Crippen LogP contribution in [0.25, 0.3) is 0 Å². The van der Waals surface area contributed by atoms with Crippen molar-refractivity contribution in [1.29, 1.82) is 0 Å². The van der Waals surface area contributed by atoms with Crippen LogP contribution in [0.15, 0.2) is 0 Å². The highest BCUT2D eigenvalue weighted by Crippen LogP contribution is 2.41. The monoisotopic (exact) mass is 182 g/mol. The van der Waals surface area contributed by atoms with Crippen LogP contribution in [0.3, 0.4) is 0 Å². The van der Waals surface area contributed by atoms with E-state index in [4.69, 9.17) is 0 Å². The Bertz CT molecular complexity index is 230. The summed E-state index contributed by atoms with van der Waals surface area (Å²) < 4.78 is 38.4. The summed E-state index contributed by atoms with van der Waals surface area (Å²) in [6, 6.07) is 0. The largest absolute Gasteiger partial charge is 0.267 e. The van der Waals surface area contributed by atoms with Crippen molar-refractivity contribution in [3.8, 4) is 0 Å². The molecule has 3 nitrogen and oxygen atoms in total. The highest BCUT2D eigenvalue weighted by Gasteiger charge is 2.47. The van der Waals surface area contributed by atoms with E-state index in [0.29, 0.717) is 12.8 Å². The molecule has 1 aliphatic rings. The molecule has 0 radical (unpaired) electrons. The van der Waals surface area contributed by atoms with E-state index in [2.05, 4.69) is 4.18 Å². The molecule has 0 amide bonds. The molecule has 0 heterocycles. The van der Waals surface area contributed by atoms with Crippen molar-refractivity contribution in [3.63, 3.8) is 0 Å². The minimum absolute atomic E-state index is 0.0885. The van der Waals surface area contributed by atoms with Crippen LogP contribution in [0.4, 0.5) is 4.39 Å². The van der Waals surface area contributed by atoms with Crippen LogP contribution in [0.5, 0.6) is 0 Å². The van der Waals surface area contributed by atoms with Gasteiger partial charge in [-0.25, -0.2) is 4.39 Å². The van der Waals surface area contributed by atoms with Crippen LogP contribution in [-0.2, 0) is 14.3 Å². The van der Waals surface area contributed by atoms with E-state index < -0.39 is 22.4 Å². The molecule has 0 aromatic heterocycles. The lowest BCUT2D eigenvalue weighted by Gasteiger charge is -2.10. The first kappa shape index (κ1) is 8.93. The predicted octanol–water partition coefficient (Wildman–Crippen LogP) is 0.855. The van der Waals surface area contributed by atoms with Crippen molar-refractivity contribution in [1.82, 2.24) is 0 Å². The van der Waals surface area contributed by atoms with Crippen LogP contribution in [0.1, 0.15) is 19.8 Å². The lowest BCUT2D eigenvalue weighted by Crippen LogP contribution is -2.22. The molecular formula is C6H11FO3S. The number of halogens is 1. The molecule has 0 unspecified atom stereocenters. The molecule has 0 N–H and O–H groups in total. The second-order valence-electron chi connectivity index (χ2n) is 2.75. The summed E-state index contributed by atoms with van der Waals surface area (Å²) in [5.41, 5.74) is -0.977. The SMILES string of the molecule is CCS(=O)(=O)OC1(CF)CC1. The van der Waals surface area contributed by atoms with Gasteiger partial charge in [0.05, 0.1) is 5.75 Å². The third-order valence-electron chi connectivity index (χ3n) is 1.71. The van der Waals surface area contributed by atoms with Gasteiger partial charge in [-0.15, -0.1) is 0 Å². The average Bonchev–Trinajstić information content (AvgIpc) is 2.69. The fourth-order valence-corrected chi connectivity index (χ4v) is 1.57. The zero-order chi connectivity index (χ0) is 8.54. The van der Waals surface area contributed by atoms with E-state index in [9.17, 15) is 12.8 Å². The summed E-state index contributed by atoms with van der Waals surface area (Å²) in [4.78, 5) is 0. The van der Waals surface area contributed by atoms with Gasteiger partial charge in [0.15, 0.2) is 0 Å². The molecule has 0 atom stereocenters. The third-order valence-corrected chi connectivity index (χ3v) is 3.02. The Balaban J connectivity index is 2.55. The number of hydrogen-bond acceptors (Lipinski definition) is 3. The first-order valence-corrected chi connectivity index (χ1v) is 5.11. The molecule has 11 heavy (non-hydrogen) atoms. The number of hydrogen-bond donors (Lipinski definition) is 0. The molecule has 0 aromatic rings. The first-order chi connectivity index (χ1) is 5.04. The maximum Gasteiger partial charge on any atom is 0.267 e. The van der Waals surface area contributed by atoms with Gasteiger partial charge >= 0.3 is 0 Å². The van der Waals surface area contributed by atoms with E-state index in [1.54, 1.807) is 0 Å². The van der Waals surface area contributed by atoms with E-state index >= 15 is 0 Å². The topological polar surface area (TPSA) is 43.4 Å². The highest BCUT2D eigenvalue weighted by molar-refractivity contribution is 7.86. The molecule has 66 valence electrons. The zero-order valence-electron chi connectivity index (χ0n) is 6.34. The molecule has 1 fully saturated rings. The summed E-state index contributed by atoms with van der Waals surface area (Å²) in [5.74, 6) is -0.0885. The Hall–Kier alpha value is -0.160. The summed E-state index contributed by atoms with van der Waals surface area (Å²) in [7, 11) is -3.47. The van der Waals surface area contributed by atoms with Crippen LogP contribution in [0, 0.1) is 0 Å². The van der Waals surface area contributed by atoms with Crippen molar-refractivity contribution < 1.29 is 17.0 Å². The van der Waals surface area contributed by atoms with Gasteiger partial charge < -0.3 is 0 Å². The van der Waals surface area contributed by atoms with E-state index in [0.717, 1.165) is 0 Å². The molecule has 5 heteroatoms. The van der Waals surface area contributed by atoms with Crippen molar-refractivity contribution >= 4 is 10.1 Å². The predicted molar refractivity (Wildman–Crippen MR) is 38.5 cm³/mol. The van der Waals surface area contributed by atoms with Gasteiger partial charge in [0, 0.05) is 0 Å². The Morgan fingerprint density at radius 3 is 2.36 bits per heavy atom. The van der Waals surface area contributed by atoms with Crippen LogP contribution >= 0.6 is 0 Å². The Morgan fingerprint density at radius 2 is 2.09 bits per heavy atom. The summed E-state index contributed by atoms with van der Waals surface area (Å²) in [5, 5.41) is 0. The fourth-order valence-electron chi connectivity index (χ4n) is 0.707. The molecule has 0 aliphatic heterocycles. The first-order valence-electron chi connectivity index (χ1n) is 3.53. The maximum atomic E-state index is 12.1. The maximum absolute atomic E-state index is 12.1. The van der Waals surface area contributed by atoms with Gasteiger partial charge in [-0.05, 0) is 19.8 Å². The molecule has 0 aromatic carbocycles. The standard InChI is InChI=1S/C6H11FO3S/c1-2-11(8,9)10-6(5-7)3-4-6/h2-5H2,1H3. The van der Waals surface area contributed by atoms with Gasteiger partial charge in [-0.2, -0.15) is 8.42 Å². The molecule has 0 saturated heterocycles. The summed E-state index contributed by atoms with van der Waals surface area (Å²) >= 11 is 0. The van der Waals surface area contributed by atoms with E-state index in [1.807, 2.05) is 0 Å². The molecular weight excluding hydrogens is 171 g/mol. The Morgan fingerprint density at radius 1 is 1.55 bits per heavy atom. The Kier molecular flexibility index (Phi) is 2.20. The van der Waals surface area contributed by atoms with Gasteiger partial charge in [0.25, 0.3) is 10.1 Å². The molecule has 0 spiro atoms. The van der Waals surface area contributed by atoms with E-state index in [-0.39, 0.29) is 5.75 Å². The lowest BCUT2D eigenvalue weighted by atomic mass is 10.4. The van der Waals surface area contributed by atoms with Gasteiger partial charge in [-0.1, -0.05) is 0 Å². The summed E-state index contributed by atoms with van der Waals surface area (Å²) in [6.07, 6.45) is 1.03. The lowest BCUT2D eigenvalue weighted by molar-refractivity contribution is 0.150. The summed E-state index contributed by atoms with van der Waals surface area (Å²) in [6.45, 7) is 0.774. The highest BCUT2D eigenvalue weighted by atomic mass is 32.2. The number of rotatable bonds is 4. The van der Waals surface area contributed by atoms with Crippen LogP contribution in [0.2, 0.25) is 0 Å². The molecule has 1 aliphatic carbocycles. The quantitative estimate of drug-likeness (QED) is 0.605. The van der Waals surface area contributed by atoms with Crippen molar-refractivity contribution in [3.05, 3.63) is 0 Å². The second-order valence-corrected chi connectivity index (χ2v) is 4.61. The van der Waals surface area contributed by atoms with Gasteiger partial charge in [-0.3, -0.25) is 4.18 Å². The Labute approximate surface area is 65.7 Å². The molecule has 1 rings (SSSR count). The number of alkyl halides is 1. The minimum atomic E-state index is -3.47. The molecule has 1 saturated carbocycles. The van der Waals surface area contributed by atoms with Crippen molar-refractivity contribution in [2.75, 3.05) is 12.4 Å². The molecule has 0 bridgehead atoms. The van der Waals surface area contributed by atoms with E-state index in [1.165, 1.54) is 6.92 Å². The average molecular weight is 182 g/mol.